The van der Waals surface area contributed by atoms with E-state index in [0.29, 0.717) is 19.1 Å². The largest absolute Gasteiger partial charge is 0.468 e. The number of hydrogen-bond acceptors (Lipinski definition) is 10. The highest BCUT2D eigenvalue weighted by atomic mass is 19.4. The van der Waals surface area contributed by atoms with Gasteiger partial charge in [-0.05, 0) is 48.7 Å². The van der Waals surface area contributed by atoms with Crippen LogP contribution in [0.25, 0.3) is 32.8 Å². The number of rotatable bonds is 10. The van der Waals surface area contributed by atoms with Crippen molar-refractivity contribution in [1.82, 2.24) is 9.97 Å². The Kier molecular flexibility index (Phi) is 8.95. The number of aromatic nitrogens is 2. The van der Waals surface area contributed by atoms with Crippen LogP contribution in [0.15, 0.2) is 30.3 Å². The Morgan fingerprint density at radius 2 is 1.93 bits per heavy atom. The van der Waals surface area contributed by atoms with Gasteiger partial charge >= 0.3 is 12.2 Å². The lowest BCUT2D eigenvalue weighted by Gasteiger charge is -2.38. The monoisotopic (exact) mass is 650 g/mol. The van der Waals surface area contributed by atoms with E-state index in [4.69, 9.17) is 14.2 Å². The lowest BCUT2D eigenvalue weighted by atomic mass is 9.90. The first kappa shape index (κ1) is 32.7. The van der Waals surface area contributed by atoms with E-state index in [1.807, 2.05) is 0 Å². The van der Waals surface area contributed by atoms with Crippen LogP contribution >= 0.6 is 0 Å². The van der Waals surface area contributed by atoms with E-state index in [2.05, 4.69) is 9.97 Å². The number of benzene rings is 3. The summed E-state index contributed by atoms with van der Waals surface area (Å²) in [5.41, 5.74) is -3.81. The van der Waals surface area contributed by atoms with Gasteiger partial charge in [-0.2, -0.15) is 23.1 Å². The zero-order valence-electron chi connectivity index (χ0n) is 24.5. The Hall–Kier alpha value is -4.70. The number of hydrogen-bond donors (Lipinski definition) is 1. The van der Waals surface area contributed by atoms with Crippen LogP contribution in [0, 0.1) is 21.7 Å². The van der Waals surface area contributed by atoms with Gasteiger partial charge in [-0.25, -0.2) is 8.78 Å². The van der Waals surface area contributed by atoms with Crippen molar-refractivity contribution < 1.29 is 51.0 Å². The minimum atomic E-state index is -4.80. The van der Waals surface area contributed by atoms with Crippen molar-refractivity contribution in [2.75, 3.05) is 38.5 Å². The molecule has 1 unspecified atom stereocenters. The smallest absolute Gasteiger partial charge is 0.422 e. The number of nitrogens with zero attached hydrogens (tertiary/aromatic N) is 4. The molecule has 0 radical (unpaired) electrons. The third-order valence-electron chi connectivity index (χ3n) is 7.45. The number of aliphatic hydroxyl groups is 1. The maximum absolute atomic E-state index is 16.9. The number of carbonyl (C=O) groups is 1. The van der Waals surface area contributed by atoms with Crippen molar-refractivity contribution in [3.8, 4) is 22.9 Å². The summed E-state index contributed by atoms with van der Waals surface area (Å²) in [6.07, 6.45) is -4.04. The first-order valence-corrected chi connectivity index (χ1v) is 13.9. The summed E-state index contributed by atoms with van der Waals surface area (Å²) in [5, 5.41) is 23.2. The maximum Gasteiger partial charge on any atom is 0.422 e. The summed E-state index contributed by atoms with van der Waals surface area (Å²) in [4.78, 5) is 32.6. The lowest BCUT2D eigenvalue weighted by molar-refractivity contribution is -0.384. The third-order valence-corrected chi connectivity index (χ3v) is 7.45. The predicted octanol–water partition coefficient (Wildman–Crippen LogP) is 5.65. The van der Waals surface area contributed by atoms with Gasteiger partial charge in [0.05, 0.1) is 21.5 Å². The standard InChI is InChI=1S/C30H27F5N4O7/c1-29(41)7-3-8-38(13-29)27-20-12-22(39(42)43)24(25(32)26(20)36-28(37-27)45-14-30(33,34)35)19-11-17(46-15-44-2)10-16-4-5-21(31)18(6-9-40)23(16)19/h4-5,9-12,41H,3,6-8,13-15H2,1-2H3. The van der Waals surface area contributed by atoms with Gasteiger partial charge < -0.3 is 29.0 Å². The molecule has 1 N–H and O–H groups in total. The second-order valence-electron chi connectivity index (χ2n) is 11.0. The molecule has 0 bridgehead atoms. The molecule has 0 aliphatic carbocycles. The summed E-state index contributed by atoms with van der Waals surface area (Å²) in [7, 11) is 1.34. The number of methoxy groups -OCH3 is 1. The fourth-order valence-electron chi connectivity index (χ4n) is 5.61. The highest BCUT2D eigenvalue weighted by Crippen LogP contribution is 2.45. The van der Waals surface area contributed by atoms with Crippen molar-refractivity contribution in [1.29, 1.82) is 0 Å². The van der Waals surface area contributed by atoms with E-state index in [-0.39, 0.29) is 58.7 Å². The van der Waals surface area contributed by atoms with Gasteiger partial charge in [0.1, 0.15) is 29.2 Å². The molecule has 1 atom stereocenters. The van der Waals surface area contributed by atoms with Crippen LogP contribution in [0.2, 0.25) is 0 Å². The number of piperidine rings is 1. The van der Waals surface area contributed by atoms with Gasteiger partial charge in [0.15, 0.2) is 19.2 Å². The van der Waals surface area contributed by atoms with Crippen molar-refractivity contribution in [3.63, 3.8) is 0 Å². The van der Waals surface area contributed by atoms with Gasteiger partial charge in [0.25, 0.3) is 5.69 Å². The van der Waals surface area contributed by atoms with Crippen LogP contribution in [-0.2, 0) is 16.0 Å². The normalized spacial score (nSPS) is 17.0. The summed E-state index contributed by atoms with van der Waals surface area (Å²) >= 11 is 0. The molecule has 0 amide bonds. The highest BCUT2D eigenvalue weighted by molar-refractivity contribution is 6.06. The Morgan fingerprint density at radius 1 is 1.17 bits per heavy atom. The average molecular weight is 651 g/mol. The molecule has 0 saturated carbocycles. The Balaban J connectivity index is 1.87. The van der Waals surface area contributed by atoms with Crippen LogP contribution in [0.4, 0.5) is 33.5 Å². The van der Waals surface area contributed by atoms with E-state index in [1.54, 1.807) is 0 Å². The Labute approximate surface area is 257 Å². The lowest BCUT2D eigenvalue weighted by Crippen LogP contribution is -2.46. The summed E-state index contributed by atoms with van der Waals surface area (Å²) in [5.74, 6) is -2.32. The van der Waals surface area contributed by atoms with E-state index < -0.39 is 64.1 Å². The van der Waals surface area contributed by atoms with E-state index in [9.17, 15) is 33.2 Å². The molecule has 244 valence electrons. The van der Waals surface area contributed by atoms with Gasteiger partial charge in [0.2, 0.25) is 0 Å². The van der Waals surface area contributed by atoms with Gasteiger partial charge in [-0.15, -0.1) is 0 Å². The number of nitro benzene ring substituents is 1. The third kappa shape index (κ3) is 6.62. The quantitative estimate of drug-likeness (QED) is 0.0754. The van der Waals surface area contributed by atoms with Gasteiger partial charge in [-0.1, -0.05) is 6.07 Å². The van der Waals surface area contributed by atoms with Crippen LogP contribution in [0.5, 0.6) is 11.8 Å². The van der Waals surface area contributed by atoms with E-state index in [0.717, 1.165) is 12.1 Å². The average Bonchev–Trinajstić information content (AvgIpc) is 2.99. The Bertz CT molecular complexity index is 1830. The molecule has 1 fully saturated rings. The fourth-order valence-corrected chi connectivity index (χ4v) is 5.61. The SMILES string of the molecule is COCOc1cc(-c2c([N+](=O)[O-])cc3c(N4CCCC(C)(O)C4)nc(OCC(F)(F)F)nc3c2F)c2c(CC=O)c(F)ccc2c1. The molecule has 11 nitrogen and oxygen atoms in total. The molecule has 3 aromatic carbocycles. The number of halogens is 5. The van der Waals surface area contributed by atoms with Gasteiger partial charge in [-0.3, -0.25) is 10.1 Å². The van der Waals surface area contributed by atoms with Crippen LogP contribution in [0.1, 0.15) is 25.3 Å². The zero-order chi connectivity index (χ0) is 33.4. The van der Waals surface area contributed by atoms with Crippen LogP contribution in [-0.4, -0.2) is 71.7 Å². The first-order valence-electron chi connectivity index (χ1n) is 13.9. The Morgan fingerprint density at radius 3 is 2.59 bits per heavy atom. The highest BCUT2D eigenvalue weighted by Gasteiger charge is 2.35. The molecule has 5 rings (SSSR count). The first-order chi connectivity index (χ1) is 21.7. The van der Waals surface area contributed by atoms with E-state index >= 15 is 8.78 Å². The zero-order valence-corrected chi connectivity index (χ0v) is 24.5. The molecule has 46 heavy (non-hydrogen) atoms. The summed E-state index contributed by atoms with van der Waals surface area (Å²) in [6.45, 7) is -0.395. The molecule has 1 saturated heterocycles. The number of aldehydes is 1. The molecule has 4 aromatic rings. The van der Waals surface area contributed by atoms with E-state index in [1.165, 1.54) is 37.1 Å². The number of carbonyl (C=O) groups excluding carboxylic acids is 1. The summed E-state index contributed by atoms with van der Waals surface area (Å²) < 4.78 is 86.4. The van der Waals surface area contributed by atoms with Crippen molar-refractivity contribution in [3.05, 3.63) is 57.6 Å². The number of ether oxygens (including phenoxy) is 3. The number of fused-ring (bicyclic) bond motifs is 2. The molecule has 1 aliphatic heterocycles. The molecule has 2 heterocycles. The fraction of sp³-hybridized carbons (Fsp3) is 0.367. The van der Waals surface area contributed by atoms with Crippen molar-refractivity contribution >= 4 is 39.5 Å². The number of β-amino-alcohol motifs (C(OH)–C–C–N with tert-alkyl or cyclic N) is 1. The second kappa shape index (κ2) is 12.6. The molecule has 1 aliphatic rings. The number of alkyl halides is 3. The minimum Gasteiger partial charge on any atom is -0.468 e. The molecular formula is C30H27F5N4O7. The van der Waals surface area contributed by atoms with Crippen LogP contribution < -0.4 is 14.4 Å². The van der Waals surface area contributed by atoms with Crippen molar-refractivity contribution in [2.45, 2.75) is 38.0 Å². The second-order valence-corrected chi connectivity index (χ2v) is 11.0. The van der Waals surface area contributed by atoms with Crippen molar-refractivity contribution in [2.24, 2.45) is 0 Å². The molecule has 0 spiro atoms. The molecule has 16 heteroatoms. The van der Waals surface area contributed by atoms with Crippen LogP contribution in [0.3, 0.4) is 0 Å². The topological polar surface area (TPSA) is 137 Å². The minimum absolute atomic E-state index is 0.0341. The maximum atomic E-state index is 16.9. The number of nitro groups is 1. The molecule has 1 aromatic heterocycles. The predicted molar refractivity (Wildman–Crippen MR) is 155 cm³/mol. The molecular weight excluding hydrogens is 623 g/mol. The van der Waals surface area contributed by atoms with Gasteiger partial charge in [0, 0.05) is 43.8 Å². The summed E-state index contributed by atoms with van der Waals surface area (Å²) in [6, 6.07) is 5.15. The number of anilines is 1.